The van der Waals surface area contributed by atoms with E-state index in [1.165, 1.54) is 16.2 Å². The van der Waals surface area contributed by atoms with Crippen LogP contribution in [0.4, 0.5) is 4.79 Å². The average Bonchev–Trinajstić information content (AvgIpc) is 3.57. The first-order valence-electron chi connectivity index (χ1n) is 11.5. The summed E-state index contributed by atoms with van der Waals surface area (Å²) in [5, 5.41) is 14.3. The number of carbonyl (C=O) groups is 3. The Hall–Kier alpha value is -3.72. The molecule has 2 heterocycles. The fraction of sp³-hybridized carbons (Fsp3) is 0.308. The minimum absolute atomic E-state index is 0.0257. The number of carboxylic acids is 1. The summed E-state index contributed by atoms with van der Waals surface area (Å²) in [7, 11) is 0. The fourth-order valence-corrected chi connectivity index (χ4v) is 5.69. The molecule has 2 aliphatic rings. The van der Waals surface area contributed by atoms with Gasteiger partial charge >= 0.3 is 12.1 Å². The van der Waals surface area contributed by atoms with Gasteiger partial charge in [0.25, 0.3) is 5.91 Å². The van der Waals surface area contributed by atoms with Crippen molar-refractivity contribution >= 4 is 29.3 Å². The van der Waals surface area contributed by atoms with Crippen molar-refractivity contribution < 1.29 is 24.2 Å². The van der Waals surface area contributed by atoms with Crippen molar-refractivity contribution in [3.05, 3.63) is 75.7 Å². The van der Waals surface area contributed by atoms with E-state index in [-0.39, 0.29) is 30.7 Å². The Morgan fingerprint density at radius 3 is 2.43 bits per heavy atom. The number of thiazole rings is 1. The summed E-state index contributed by atoms with van der Waals surface area (Å²) in [6.07, 6.45) is 0.0810. The average molecular weight is 492 g/mol. The van der Waals surface area contributed by atoms with Crippen molar-refractivity contribution in [2.75, 3.05) is 13.2 Å². The Balaban J connectivity index is 1.17. The van der Waals surface area contributed by atoms with Gasteiger partial charge < -0.3 is 20.1 Å². The van der Waals surface area contributed by atoms with Crippen LogP contribution >= 0.6 is 11.3 Å². The summed E-state index contributed by atoms with van der Waals surface area (Å²) >= 11 is 1.24. The third-order valence-electron chi connectivity index (χ3n) is 6.71. The second-order valence-electron chi connectivity index (χ2n) is 8.85. The first-order chi connectivity index (χ1) is 16.9. The van der Waals surface area contributed by atoms with Crippen LogP contribution in [0.25, 0.3) is 11.1 Å². The minimum atomic E-state index is -1.00. The van der Waals surface area contributed by atoms with Crippen LogP contribution in [0.5, 0.6) is 0 Å². The molecule has 1 saturated heterocycles. The third-order valence-corrected chi connectivity index (χ3v) is 7.56. The second-order valence-corrected chi connectivity index (χ2v) is 9.80. The molecule has 180 valence electrons. The van der Waals surface area contributed by atoms with Gasteiger partial charge in [0.15, 0.2) is 0 Å². The molecule has 9 heteroatoms. The van der Waals surface area contributed by atoms with Crippen molar-refractivity contribution in [2.45, 2.75) is 31.8 Å². The molecule has 3 aromatic rings. The van der Waals surface area contributed by atoms with E-state index in [2.05, 4.69) is 34.6 Å². The Bertz CT molecular complexity index is 1240. The summed E-state index contributed by atoms with van der Waals surface area (Å²) < 4.78 is 5.54. The lowest BCUT2D eigenvalue weighted by atomic mass is 9.98. The molecule has 1 aromatic heterocycles. The Morgan fingerprint density at radius 1 is 1.11 bits per heavy atom. The van der Waals surface area contributed by atoms with E-state index >= 15 is 0 Å². The number of aliphatic carboxylic acids is 1. The number of benzene rings is 2. The molecule has 2 N–H and O–H groups in total. The number of hydrogen-bond acceptors (Lipinski definition) is 6. The largest absolute Gasteiger partial charge is 0.480 e. The minimum Gasteiger partial charge on any atom is -0.480 e. The number of nitrogens with one attached hydrogen (secondary N) is 1. The van der Waals surface area contributed by atoms with Crippen LogP contribution in [0.2, 0.25) is 0 Å². The topological polar surface area (TPSA) is 109 Å². The summed E-state index contributed by atoms with van der Waals surface area (Å²) in [5.41, 5.74) is 4.80. The number of carboxylic acid groups (broad SMARTS) is 1. The first-order valence-corrected chi connectivity index (χ1v) is 12.4. The van der Waals surface area contributed by atoms with Crippen molar-refractivity contribution in [2.24, 2.45) is 5.92 Å². The molecule has 8 nitrogen and oxygen atoms in total. The highest BCUT2D eigenvalue weighted by Gasteiger charge is 2.40. The molecule has 2 unspecified atom stereocenters. The number of aromatic nitrogens is 1. The van der Waals surface area contributed by atoms with Gasteiger partial charge in [0.05, 0.1) is 6.54 Å². The predicted molar refractivity (Wildman–Crippen MR) is 130 cm³/mol. The van der Waals surface area contributed by atoms with Gasteiger partial charge in [0, 0.05) is 17.8 Å². The van der Waals surface area contributed by atoms with E-state index in [0.29, 0.717) is 18.0 Å². The van der Waals surface area contributed by atoms with Gasteiger partial charge in [0.2, 0.25) is 0 Å². The van der Waals surface area contributed by atoms with Gasteiger partial charge in [-0.15, -0.1) is 11.3 Å². The molecule has 0 radical (unpaired) electrons. The third kappa shape index (κ3) is 4.39. The van der Waals surface area contributed by atoms with Crippen molar-refractivity contribution in [1.82, 2.24) is 15.2 Å². The molecule has 0 spiro atoms. The second kappa shape index (κ2) is 9.50. The molecule has 1 aliphatic carbocycles. The lowest BCUT2D eigenvalue weighted by molar-refractivity contribution is -0.142. The number of nitrogens with zero attached hydrogens (tertiary/aromatic N) is 2. The highest BCUT2D eigenvalue weighted by molar-refractivity contribution is 7.09. The first kappa shape index (κ1) is 23.0. The highest BCUT2D eigenvalue weighted by Crippen LogP contribution is 2.44. The highest BCUT2D eigenvalue weighted by atomic mass is 32.1. The predicted octanol–water partition coefficient (Wildman–Crippen LogP) is 4.12. The number of fused-ring (bicyclic) bond motifs is 3. The molecule has 0 saturated carbocycles. The Morgan fingerprint density at radius 2 is 1.77 bits per heavy atom. The summed E-state index contributed by atoms with van der Waals surface area (Å²) in [5.74, 6) is -1.53. The van der Waals surface area contributed by atoms with Crippen LogP contribution in [0.3, 0.4) is 0 Å². The molecular weight excluding hydrogens is 466 g/mol. The number of carbonyl (C=O) groups excluding carboxylic acids is 2. The summed E-state index contributed by atoms with van der Waals surface area (Å²) in [4.78, 5) is 42.4. The van der Waals surface area contributed by atoms with Crippen LogP contribution < -0.4 is 5.32 Å². The number of likely N-dealkylation sites (tertiary alicyclic amines) is 1. The van der Waals surface area contributed by atoms with E-state index in [1.807, 2.05) is 31.2 Å². The SMILES string of the molecule is CC1CCN(C(=O)c2csc(CNC(=O)OCC3c4ccccc4-c4ccccc43)n2)C1C(=O)O. The number of alkyl carbamates (subject to hydrolysis) is 1. The normalized spacial score (nSPS) is 18.7. The smallest absolute Gasteiger partial charge is 0.407 e. The molecule has 1 fully saturated rings. The lowest BCUT2D eigenvalue weighted by Crippen LogP contribution is -2.42. The number of amides is 2. The van der Waals surface area contributed by atoms with E-state index in [1.54, 1.807) is 5.38 Å². The zero-order valence-corrected chi connectivity index (χ0v) is 20.0. The van der Waals surface area contributed by atoms with Crippen molar-refractivity contribution in [3.8, 4) is 11.1 Å². The van der Waals surface area contributed by atoms with Gasteiger partial charge in [-0.1, -0.05) is 55.5 Å². The summed E-state index contributed by atoms with van der Waals surface area (Å²) in [6, 6.07) is 15.4. The molecule has 2 aromatic carbocycles. The summed E-state index contributed by atoms with van der Waals surface area (Å²) in [6.45, 7) is 2.55. The van der Waals surface area contributed by atoms with Crippen LogP contribution in [-0.4, -0.2) is 52.2 Å². The van der Waals surface area contributed by atoms with Gasteiger partial charge in [-0.05, 0) is 34.6 Å². The molecule has 5 rings (SSSR count). The standard InChI is InChI=1S/C26H25N3O5S/c1-15-10-11-29(23(15)25(31)32)24(30)21-14-35-22(28-21)12-27-26(33)34-13-20-18-8-4-2-6-16(18)17-7-3-5-9-19(17)20/h2-9,14-15,20,23H,10-13H2,1H3,(H,27,33)(H,31,32). The van der Waals surface area contributed by atoms with Crippen LogP contribution in [0, 0.1) is 5.92 Å². The molecule has 2 amide bonds. The number of ether oxygens (including phenoxy) is 1. The fourth-order valence-electron chi connectivity index (χ4n) is 4.99. The molecule has 1 aliphatic heterocycles. The maximum absolute atomic E-state index is 12.8. The molecule has 35 heavy (non-hydrogen) atoms. The van der Waals surface area contributed by atoms with Gasteiger partial charge in [0.1, 0.15) is 23.4 Å². The van der Waals surface area contributed by atoms with E-state index in [0.717, 1.165) is 22.3 Å². The zero-order chi connectivity index (χ0) is 24.5. The molecule has 0 bridgehead atoms. The lowest BCUT2D eigenvalue weighted by Gasteiger charge is -2.22. The van der Waals surface area contributed by atoms with Gasteiger partial charge in [-0.25, -0.2) is 14.6 Å². The molecular formula is C26H25N3O5S. The Kier molecular flexibility index (Phi) is 6.25. The number of hydrogen-bond donors (Lipinski definition) is 2. The van der Waals surface area contributed by atoms with Crippen molar-refractivity contribution in [3.63, 3.8) is 0 Å². The maximum Gasteiger partial charge on any atom is 0.407 e. The van der Waals surface area contributed by atoms with Gasteiger partial charge in [-0.3, -0.25) is 4.79 Å². The monoisotopic (exact) mass is 491 g/mol. The van der Waals surface area contributed by atoms with Gasteiger partial charge in [-0.2, -0.15) is 0 Å². The number of rotatable bonds is 6. The van der Waals surface area contributed by atoms with Crippen LogP contribution in [0.15, 0.2) is 53.9 Å². The van der Waals surface area contributed by atoms with Crippen molar-refractivity contribution in [1.29, 1.82) is 0 Å². The van der Waals surface area contributed by atoms with Crippen LogP contribution in [0.1, 0.15) is 45.9 Å². The van der Waals surface area contributed by atoms with E-state index < -0.39 is 24.0 Å². The zero-order valence-electron chi connectivity index (χ0n) is 19.1. The van der Waals surface area contributed by atoms with Crippen LogP contribution in [-0.2, 0) is 16.1 Å². The van der Waals surface area contributed by atoms with E-state index in [9.17, 15) is 19.5 Å². The molecule has 2 atom stereocenters. The maximum atomic E-state index is 12.8. The van der Waals surface area contributed by atoms with E-state index in [4.69, 9.17) is 4.74 Å². The quantitative estimate of drug-likeness (QED) is 0.537. The Labute approximate surface area is 206 Å².